The second kappa shape index (κ2) is 9.66. The van der Waals surface area contributed by atoms with Crippen LogP contribution in [0.1, 0.15) is 16.0 Å². The van der Waals surface area contributed by atoms with Gasteiger partial charge in [0.25, 0.3) is 10.0 Å². The first-order chi connectivity index (χ1) is 19.2. The van der Waals surface area contributed by atoms with Crippen LogP contribution in [0.25, 0.3) is 33.3 Å². The first-order valence-electron chi connectivity index (χ1n) is 12.7. The van der Waals surface area contributed by atoms with Crippen molar-refractivity contribution in [3.05, 3.63) is 94.2 Å². The summed E-state index contributed by atoms with van der Waals surface area (Å²) < 4.78 is 30.2. The normalized spacial score (nSPS) is 13.8. The summed E-state index contributed by atoms with van der Waals surface area (Å²) in [4.78, 5) is 14.0. The maximum Gasteiger partial charge on any atom is 0.310 e. The number of carboxylic acid groups (broad SMARTS) is 1. The predicted octanol–water partition coefficient (Wildman–Crippen LogP) is 6.28. The van der Waals surface area contributed by atoms with Crippen molar-refractivity contribution in [3.63, 3.8) is 0 Å². The van der Waals surface area contributed by atoms with Gasteiger partial charge in [0.05, 0.1) is 22.0 Å². The number of aliphatic carboxylic acids is 1. The first kappa shape index (κ1) is 25.9. The number of thiophene rings is 1. The van der Waals surface area contributed by atoms with E-state index >= 15 is 0 Å². The van der Waals surface area contributed by atoms with Crippen molar-refractivity contribution in [2.24, 2.45) is 5.92 Å². The van der Waals surface area contributed by atoms with E-state index in [1.807, 2.05) is 72.7 Å². The summed E-state index contributed by atoms with van der Waals surface area (Å²) in [6, 6.07) is 24.1. The lowest BCUT2D eigenvalue weighted by atomic mass is 9.96. The molecule has 0 bridgehead atoms. The van der Waals surface area contributed by atoms with Crippen molar-refractivity contribution in [2.75, 3.05) is 18.0 Å². The Kier molecular flexibility index (Phi) is 6.25. The Balaban J connectivity index is 1.68. The fraction of sp³-hybridized carbons (Fsp3) is 0.161. The number of nitriles is 1. The molecule has 0 unspecified atom stereocenters. The Bertz CT molecular complexity index is 1940. The quantitative estimate of drug-likeness (QED) is 0.259. The lowest BCUT2D eigenvalue weighted by molar-refractivity contribution is -0.142. The highest BCUT2D eigenvalue weighted by molar-refractivity contribution is 7.90. The van der Waals surface area contributed by atoms with Crippen LogP contribution in [-0.2, 0) is 14.8 Å². The molecule has 3 heterocycles. The maximum absolute atomic E-state index is 14.4. The standard InChI is InChI=1S/C31H25N3O4S2/c1-19-6-9-24(10-7-19)40(37,38)34-27-11-8-20(2)14-26(27)29(25-12-13-39-28(25)16-32)30(34)21-4-3-5-23(15-21)33-17-22(18-33)31(35)36/h3-15,22H,17-18H2,1-2H3,(H,35,36). The smallest absolute Gasteiger partial charge is 0.310 e. The van der Waals surface area contributed by atoms with E-state index in [2.05, 4.69) is 6.07 Å². The fourth-order valence-electron chi connectivity index (χ4n) is 5.26. The second-order valence-electron chi connectivity index (χ2n) is 10.1. The van der Waals surface area contributed by atoms with Gasteiger partial charge in [0.15, 0.2) is 0 Å². The van der Waals surface area contributed by atoms with E-state index in [1.165, 1.54) is 15.3 Å². The number of aryl methyl sites for hydroxylation is 2. The minimum Gasteiger partial charge on any atom is -0.481 e. The highest BCUT2D eigenvalue weighted by Gasteiger charge is 2.34. The van der Waals surface area contributed by atoms with Crippen LogP contribution in [0.2, 0.25) is 0 Å². The number of aromatic nitrogens is 1. The van der Waals surface area contributed by atoms with Crippen LogP contribution >= 0.6 is 11.3 Å². The molecular formula is C31H25N3O4S2. The topological polar surface area (TPSA) is 103 Å². The summed E-state index contributed by atoms with van der Waals surface area (Å²) in [6.07, 6.45) is 0. The third-order valence-electron chi connectivity index (χ3n) is 7.39. The van der Waals surface area contributed by atoms with Crippen LogP contribution in [-0.4, -0.2) is 36.6 Å². The highest BCUT2D eigenvalue weighted by atomic mass is 32.2. The SMILES string of the molecule is Cc1ccc(S(=O)(=O)n2c(-c3cccc(N4CC(C(=O)O)C4)c3)c(-c3ccsc3C#N)c3cc(C)ccc32)cc1. The van der Waals surface area contributed by atoms with Crippen LogP contribution in [0.4, 0.5) is 5.69 Å². The third-order valence-corrected chi connectivity index (χ3v) is 9.94. The van der Waals surface area contributed by atoms with Gasteiger partial charge >= 0.3 is 5.97 Å². The molecule has 6 rings (SSSR count). The molecule has 40 heavy (non-hydrogen) atoms. The molecule has 2 aromatic heterocycles. The minimum atomic E-state index is -4.06. The summed E-state index contributed by atoms with van der Waals surface area (Å²) in [5.41, 5.74) is 5.73. The molecule has 0 radical (unpaired) electrons. The van der Waals surface area contributed by atoms with Gasteiger partial charge in [-0.1, -0.05) is 41.5 Å². The third kappa shape index (κ3) is 4.17. The number of hydrogen-bond donors (Lipinski definition) is 1. The Morgan fingerprint density at radius 3 is 2.42 bits per heavy atom. The molecule has 0 saturated carbocycles. The molecule has 1 aliphatic heterocycles. The van der Waals surface area contributed by atoms with Gasteiger partial charge in [0.2, 0.25) is 0 Å². The molecule has 5 aromatic rings. The molecule has 3 aromatic carbocycles. The van der Waals surface area contributed by atoms with E-state index in [0.29, 0.717) is 45.9 Å². The molecule has 0 amide bonds. The van der Waals surface area contributed by atoms with Gasteiger partial charge in [-0.05, 0) is 61.7 Å². The van der Waals surface area contributed by atoms with E-state index in [1.54, 1.807) is 24.3 Å². The van der Waals surface area contributed by atoms with E-state index in [0.717, 1.165) is 22.2 Å². The predicted molar refractivity (Wildman–Crippen MR) is 157 cm³/mol. The van der Waals surface area contributed by atoms with Crippen molar-refractivity contribution in [3.8, 4) is 28.5 Å². The summed E-state index contributed by atoms with van der Waals surface area (Å²) in [5, 5.41) is 21.9. The summed E-state index contributed by atoms with van der Waals surface area (Å²) in [6.45, 7) is 4.64. The summed E-state index contributed by atoms with van der Waals surface area (Å²) in [5.74, 6) is -1.25. The number of benzene rings is 3. The number of anilines is 1. The monoisotopic (exact) mass is 567 g/mol. The van der Waals surface area contributed by atoms with E-state index < -0.39 is 21.9 Å². The zero-order valence-electron chi connectivity index (χ0n) is 21.8. The minimum absolute atomic E-state index is 0.164. The average Bonchev–Trinajstić information content (AvgIpc) is 3.50. The average molecular weight is 568 g/mol. The van der Waals surface area contributed by atoms with Gasteiger partial charge in [-0.3, -0.25) is 4.79 Å². The number of hydrogen-bond acceptors (Lipinski definition) is 6. The van der Waals surface area contributed by atoms with Crippen LogP contribution in [0.15, 0.2) is 83.1 Å². The van der Waals surface area contributed by atoms with Gasteiger partial charge in [-0.2, -0.15) is 5.26 Å². The number of carboxylic acids is 1. The van der Waals surface area contributed by atoms with Gasteiger partial charge in [-0.25, -0.2) is 12.4 Å². The number of rotatable bonds is 6. The van der Waals surface area contributed by atoms with Gasteiger partial charge in [0.1, 0.15) is 10.9 Å². The Morgan fingerprint density at radius 2 is 1.73 bits per heavy atom. The molecule has 1 aliphatic rings. The van der Waals surface area contributed by atoms with E-state index in [-0.39, 0.29) is 4.90 Å². The van der Waals surface area contributed by atoms with Gasteiger partial charge in [0, 0.05) is 40.9 Å². The van der Waals surface area contributed by atoms with Crippen molar-refractivity contribution in [1.82, 2.24) is 3.97 Å². The summed E-state index contributed by atoms with van der Waals surface area (Å²) >= 11 is 1.32. The molecule has 0 aliphatic carbocycles. The van der Waals surface area contributed by atoms with Crippen LogP contribution in [0.5, 0.6) is 0 Å². The largest absolute Gasteiger partial charge is 0.481 e. The van der Waals surface area contributed by atoms with Crippen molar-refractivity contribution >= 4 is 43.9 Å². The molecule has 1 saturated heterocycles. The van der Waals surface area contributed by atoms with Gasteiger partial charge < -0.3 is 10.0 Å². The Hall–Kier alpha value is -4.39. The molecule has 1 N–H and O–H groups in total. The molecular weight excluding hydrogens is 542 g/mol. The van der Waals surface area contributed by atoms with E-state index in [4.69, 9.17) is 0 Å². The van der Waals surface area contributed by atoms with Crippen LogP contribution in [0, 0.1) is 31.1 Å². The number of fused-ring (bicyclic) bond motifs is 1. The van der Waals surface area contributed by atoms with Crippen molar-refractivity contribution < 1.29 is 18.3 Å². The Labute approximate surface area is 236 Å². The molecule has 0 atom stereocenters. The Morgan fingerprint density at radius 1 is 1.00 bits per heavy atom. The number of carbonyl (C=O) groups is 1. The zero-order chi connectivity index (χ0) is 28.2. The number of nitrogens with zero attached hydrogens (tertiary/aromatic N) is 3. The van der Waals surface area contributed by atoms with E-state index in [9.17, 15) is 23.6 Å². The second-order valence-corrected chi connectivity index (χ2v) is 12.8. The zero-order valence-corrected chi connectivity index (χ0v) is 23.5. The van der Waals surface area contributed by atoms with Crippen molar-refractivity contribution in [2.45, 2.75) is 18.7 Å². The van der Waals surface area contributed by atoms with Crippen LogP contribution < -0.4 is 4.90 Å². The van der Waals surface area contributed by atoms with Crippen molar-refractivity contribution in [1.29, 1.82) is 5.26 Å². The fourth-order valence-corrected chi connectivity index (χ4v) is 7.50. The first-order valence-corrected chi connectivity index (χ1v) is 15.0. The molecule has 0 spiro atoms. The van der Waals surface area contributed by atoms with Gasteiger partial charge in [-0.15, -0.1) is 11.3 Å². The maximum atomic E-state index is 14.4. The van der Waals surface area contributed by atoms with Crippen LogP contribution in [0.3, 0.4) is 0 Å². The molecule has 200 valence electrons. The lowest BCUT2D eigenvalue weighted by Crippen LogP contribution is -2.50. The lowest BCUT2D eigenvalue weighted by Gasteiger charge is -2.38. The highest BCUT2D eigenvalue weighted by Crippen LogP contribution is 2.46. The molecule has 1 fully saturated rings. The summed E-state index contributed by atoms with van der Waals surface area (Å²) in [7, 11) is -4.06. The molecule has 7 nitrogen and oxygen atoms in total. The molecule has 9 heteroatoms.